The summed E-state index contributed by atoms with van der Waals surface area (Å²) in [5.74, 6) is 2.18. The highest BCUT2D eigenvalue weighted by atomic mass is 16.5. The van der Waals surface area contributed by atoms with Crippen molar-refractivity contribution in [1.82, 2.24) is 4.90 Å². The summed E-state index contributed by atoms with van der Waals surface area (Å²) in [5, 5.41) is 0. The molecule has 0 saturated carbocycles. The Hall–Kier alpha value is -1.79. The first-order valence-electron chi connectivity index (χ1n) is 11.2. The zero-order valence-electron chi connectivity index (χ0n) is 19.3. The zero-order chi connectivity index (χ0) is 22.0. The van der Waals surface area contributed by atoms with Gasteiger partial charge in [0, 0.05) is 31.5 Å². The molecule has 1 fully saturated rings. The molecule has 3 rings (SSSR count). The third kappa shape index (κ3) is 4.75. The third-order valence-corrected chi connectivity index (χ3v) is 6.60. The van der Waals surface area contributed by atoms with Crippen LogP contribution in [0.5, 0.6) is 11.5 Å². The quantitative estimate of drug-likeness (QED) is 0.683. The van der Waals surface area contributed by atoms with E-state index in [4.69, 9.17) is 19.9 Å². The fourth-order valence-corrected chi connectivity index (χ4v) is 4.88. The molecule has 30 heavy (non-hydrogen) atoms. The minimum Gasteiger partial charge on any atom is -0.493 e. The molecule has 1 saturated heterocycles. The van der Waals surface area contributed by atoms with Crippen molar-refractivity contribution in [3.63, 3.8) is 0 Å². The lowest BCUT2D eigenvalue weighted by molar-refractivity contribution is -0.160. The van der Waals surface area contributed by atoms with Crippen LogP contribution in [0.2, 0.25) is 0 Å². The summed E-state index contributed by atoms with van der Waals surface area (Å²) in [6.07, 6.45) is 2.70. The van der Waals surface area contributed by atoms with Crippen molar-refractivity contribution in [3.05, 3.63) is 23.3 Å². The van der Waals surface area contributed by atoms with Crippen LogP contribution < -0.4 is 15.2 Å². The lowest BCUT2D eigenvalue weighted by Gasteiger charge is -2.47. The van der Waals surface area contributed by atoms with E-state index in [9.17, 15) is 4.79 Å². The van der Waals surface area contributed by atoms with Gasteiger partial charge in [0.2, 0.25) is 0 Å². The molecule has 2 heterocycles. The number of methoxy groups -OCH3 is 2. The summed E-state index contributed by atoms with van der Waals surface area (Å²) >= 11 is 0. The fourth-order valence-electron chi connectivity index (χ4n) is 4.88. The molecule has 0 bridgehead atoms. The molecule has 0 aliphatic carbocycles. The maximum atomic E-state index is 12.7. The van der Waals surface area contributed by atoms with Gasteiger partial charge in [0.15, 0.2) is 11.5 Å². The predicted molar refractivity (Wildman–Crippen MR) is 118 cm³/mol. The van der Waals surface area contributed by atoms with E-state index in [1.807, 2.05) is 13.8 Å². The van der Waals surface area contributed by atoms with Crippen molar-refractivity contribution < 1.29 is 19.0 Å². The molecule has 0 aromatic heterocycles. The van der Waals surface area contributed by atoms with Crippen LogP contribution in [0.25, 0.3) is 0 Å². The molecule has 4 unspecified atom stereocenters. The third-order valence-electron chi connectivity index (χ3n) is 6.60. The van der Waals surface area contributed by atoms with Gasteiger partial charge in [0.05, 0.1) is 14.2 Å². The number of hydrogen-bond acceptors (Lipinski definition) is 6. The van der Waals surface area contributed by atoms with Crippen LogP contribution in [0.4, 0.5) is 0 Å². The van der Waals surface area contributed by atoms with E-state index < -0.39 is 6.04 Å². The molecule has 0 radical (unpaired) electrons. The van der Waals surface area contributed by atoms with Crippen LogP contribution in [-0.4, -0.2) is 50.3 Å². The molecule has 2 N–H and O–H groups in total. The smallest absolute Gasteiger partial charge is 0.323 e. The number of rotatable bonds is 7. The van der Waals surface area contributed by atoms with Crippen LogP contribution in [0.15, 0.2) is 12.1 Å². The lowest BCUT2D eigenvalue weighted by Crippen LogP contribution is -2.51. The Labute approximate surface area is 181 Å². The van der Waals surface area contributed by atoms with Crippen molar-refractivity contribution in [3.8, 4) is 11.5 Å². The van der Waals surface area contributed by atoms with E-state index >= 15 is 0 Å². The Kier molecular flexibility index (Phi) is 7.30. The normalized spacial score (nSPS) is 24.9. The van der Waals surface area contributed by atoms with Crippen molar-refractivity contribution in [2.45, 2.75) is 65.1 Å². The summed E-state index contributed by atoms with van der Waals surface area (Å²) < 4.78 is 17.1. The van der Waals surface area contributed by atoms with E-state index in [0.717, 1.165) is 43.9 Å². The average Bonchev–Trinajstić information content (AvgIpc) is 2.71. The van der Waals surface area contributed by atoms with Gasteiger partial charge in [-0.2, -0.15) is 0 Å². The van der Waals surface area contributed by atoms with Crippen LogP contribution >= 0.6 is 0 Å². The molecule has 2 aliphatic rings. The first-order chi connectivity index (χ1) is 14.2. The molecular weight excluding hydrogens is 380 g/mol. The summed E-state index contributed by atoms with van der Waals surface area (Å²) in [6, 6.07) is 3.84. The zero-order valence-corrected chi connectivity index (χ0v) is 19.3. The van der Waals surface area contributed by atoms with Gasteiger partial charge in [-0.25, -0.2) is 0 Å². The molecule has 0 amide bonds. The second kappa shape index (κ2) is 9.56. The lowest BCUT2D eigenvalue weighted by atomic mass is 9.79. The highest BCUT2D eigenvalue weighted by Gasteiger charge is 2.41. The highest BCUT2D eigenvalue weighted by molar-refractivity contribution is 5.76. The predicted octanol–water partition coefficient (Wildman–Crippen LogP) is 3.56. The Morgan fingerprint density at radius 2 is 1.83 bits per heavy atom. The first kappa shape index (κ1) is 22.9. The number of ether oxygens (including phenoxy) is 3. The van der Waals surface area contributed by atoms with Crippen molar-refractivity contribution in [2.24, 2.45) is 23.5 Å². The molecule has 4 atom stereocenters. The number of carbonyl (C=O) groups excluding carboxylic acids is 1. The van der Waals surface area contributed by atoms with Crippen LogP contribution in [0.3, 0.4) is 0 Å². The summed E-state index contributed by atoms with van der Waals surface area (Å²) in [5.41, 5.74) is 8.64. The van der Waals surface area contributed by atoms with Gasteiger partial charge in [-0.3, -0.25) is 9.69 Å². The number of carbonyl (C=O) groups is 1. The maximum Gasteiger partial charge on any atom is 0.323 e. The van der Waals surface area contributed by atoms with E-state index in [1.165, 1.54) is 11.1 Å². The maximum absolute atomic E-state index is 12.7. The minimum absolute atomic E-state index is 0.0632. The molecule has 2 aliphatic heterocycles. The molecule has 0 spiro atoms. The topological polar surface area (TPSA) is 74.0 Å². The highest BCUT2D eigenvalue weighted by Crippen LogP contribution is 2.44. The van der Waals surface area contributed by atoms with Gasteiger partial charge in [0.25, 0.3) is 0 Å². The van der Waals surface area contributed by atoms with Gasteiger partial charge in [-0.05, 0) is 47.9 Å². The van der Waals surface area contributed by atoms with Gasteiger partial charge < -0.3 is 19.9 Å². The Bertz CT molecular complexity index is 749. The second-order valence-corrected chi connectivity index (χ2v) is 9.54. The standard InChI is InChI=1S/C24H38N2O4/c1-14(2)9-17-13-26-8-7-16-10-21(28-5)22(29-6)11-18(16)19(26)12-20(17)30-24(27)23(25)15(3)4/h10-11,14-15,17,19-20,23H,7-9,12-13,25H2,1-6H3. The molecule has 6 heteroatoms. The van der Waals surface area contributed by atoms with E-state index in [-0.39, 0.29) is 24.0 Å². The van der Waals surface area contributed by atoms with Crippen molar-refractivity contribution in [2.75, 3.05) is 27.3 Å². The van der Waals surface area contributed by atoms with Crippen LogP contribution in [0, 0.1) is 17.8 Å². The summed E-state index contributed by atoms with van der Waals surface area (Å²) in [7, 11) is 3.34. The largest absolute Gasteiger partial charge is 0.493 e. The monoisotopic (exact) mass is 418 g/mol. The number of esters is 1. The van der Waals surface area contributed by atoms with Crippen LogP contribution in [-0.2, 0) is 16.0 Å². The van der Waals surface area contributed by atoms with Gasteiger partial charge >= 0.3 is 5.97 Å². The van der Waals surface area contributed by atoms with Crippen LogP contribution in [0.1, 0.15) is 57.7 Å². The van der Waals surface area contributed by atoms with Crippen molar-refractivity contribution >= 4 is 5.97 Å². The first-order valence-corrected chi connectivity index (χ1v) is 11.2. The number of hydrogen-bond donors (Lipinski definition) is 1. The van der Waals surface area contributed by atoms with Crippen molar-refractivity contribution in [1.29, 1.82) is 0 Å². The minimum atomic E-state index is -0.578. The average molecular weight is 419 g/mol. The molecular formula is C24H38N2O4. The Morgan fingerprint density at radius 3 is 2.43 bits per heavy atom. The number of fused-ring (bicyclic) bond motifs is 3. The molecule has 168 valence electrons. The number of benzene rings is 1. The van der Waals surface area contributed by atoms with E-state index in [0.29, 0.717) is 11.8 Å². The van der Waals surface area contributed by atoms with Gasteiger partial charge in [-0.15, -0.1) is 0 Å². The number of nitrogens with two attached hydrogens (primary N) is 1. The van der Waals surface area contributed by atoms with E-state index in [2.05, 4.69) is 30.9 Å². The Morgan fingerprint density at radius 1 is 1.17 bits per heavy atom. The fraction of sp³-hybridized carbons (Fsp3) is 0.708. The second-order valence-electron chi connectivity index (χ2n) is 9.54. The van der Waals surface area contributed by atoms with Gasteiger partial charge in [-0.1, -0.05) is 27.7 Å². The molecule has 6 nitrogen and oxygen atoms in total. The SMILES string of the molecule is COc1cc2c(cc1OC)C1CC(OC(=O)C(N)C(C)C)C(CC(C)C)CN1CC2. The Balaban J connectivity index is 1.88. The van der Waals surface area contributed by atoms with E-state index in [1.54, 1.807) is 14.2 Å². The molecule has 1 aromatic rings. The van der Waals surface area contributed by atoms with Gasteiger partial charge in [0.1, 0.15) is 12.1 Å². The summed E-state index contributed by atoms with van der Waals surface area (Å²) in [4.78, 5) is 15.2. The number of piperidine rings is 1. The summed E-state index contributed by atoms with van der Waals surface area (Å²) in [6.45, 7) is 10.3. The number of nitrogens with zero attached hydrogens (tertiary/aromatic N) is 1. The molecule has 1 aromatic carbocycles.